The number of hydrogen-bond acceptors (Lipinski definition) is 5. The summed E-state index contributed by atoms with van der Waals surface area (Å²) in [5.74, 6) is 1.02. The molecule has 2 heterocycles. The van der Waals surface area contributed by atoms with Crippen LogP contribution in [0, 0.1) is 5.41 Å². The fraction of sp³-hybridized carbons (Fsp3) is 0.323. The summed E-state index contributed by atoms with van der Waals surface area (Å²) in [7, 11) is 0. The van der Waals surface area contributed by atoms with E-state index in [-0.39, 0.29) is 18.2 Å². The normalized spacial score (nSPS) is 15.5. The van der Waals surface area contributed by atoms with Crippen molar-refractivity contribution in [2.24, 2.45) is 0 Å². The van der Waals surface area contributed by atoms with Crippen molar-refractivity contribution in [3.8, 4) is 5.75 Å². The van der Waals surface area contributed by atoms with Crippen LogP contribution >= 0.6 is 0 Å². The highest BCUT2D eigenvalue weighted by atomic mass is 16.5. The van der Waals surface area contributed by atoms with E-state index < -0.39 is 5.60 Å². The van der Waals surface area contributed by atoms with Crippen LogP contribution in [-0.4, -0.2) is 51.8 Å². The number of pyridine rings is 1. The number of aliphatic hydroxyl groups is 1. The number of ether oxygens (including phenoxy) is 1. The van der Waals surface area contributed by atoms with Gasteiger partial charge in [0.1, 0.15) is 12.4 Å². The minimum atomic E-state index is -1.01. The second-order valence-corrected chi connectivity index (χ2v) is 10.6. The molecule has 1 amide bonds. The van der Waals surface area contributed by atoms with Crippen LogP contribution < -0.4 is 10.1 Å². The number of allylic oxidation sites excluding steroid dienone is 1. The number of nitrogens with two attached hydrogens (primary N) is 1. The largest absolute Gasteiger partial charge is 0.489 e. The Morgan fingerprint density at radius 1 is 1.05 bits per heavy atom. The average Bonchev–Trinajstić information content (AvgIpc) is 2.90. The number of aromatic nitrogens is 1. The van der Waals surface area contributed by atoms with E-state index in [0.717, 1.165) is 11.1 Å². The molecule has 1 fully saturated rings. The minimum Gasteiger partial charge on any atom is -0.489 e. The summed E-state index contributed by atoms with van der Waals surface area (Å²) in [5.41, 5.74) is 4.08. The van der Waals surface area contributed by atoms with E-state index in [1.54, 1.807) is 43.3 Å². The van der Waals surface area contributed by atoms with E-state index in [1.165, 1.54) is 5.56 Å². The fourth-order valence-corrected chi connectivity index (χ4v) is 4.53. The topological polar surface area (TPSA) is 103 Å². The van der Waals surface area contributed by atoms with Crippen LogP contribution in [0.2, 0.25) is 0 Å². The second kappa shape index (κ2) is 11.7. The highest BCUT2D eigenvalue weighted by molar-refractivity contribution is 6.33. The third-order valence-corrected chi connectivity index (χ3v) is 6.53. The third kappa shape index (κ3) is 6.73. The van der Waals surface area contributed by atoms with Gasteiger partial charge in [-0.25, -0.2) is 0 Å². The van der Waals surface area contributed by atoms with Gasteiger partial charge in [0.25, 0.3) is 0 Å². The molecule has 1 saturated heterocycles. The van der Waals surface area contributed by atoms with Gasteiger partial charge in [-0.15, -0.1) is 0 Å². The Kier molecular flexibility index (Phi) is 8.39. The second-order valence-electron chi connectivity index (χ2n) is 10.6. The quantitative estimate of drug-likeness (QED) is 0.300. The van der Waals surface area contributed by atoms with E-state index in [9.17, 15) is 9.90 Å². The molecule has 0 radical (unpaired) electrons. The number of β-amino-alcohol motifs (C(OH)–C–C–N with tert-alkyl or cyclic N) is 1. The number of rotatable bonds is 9. The zero-order valence-electron chi connectivity index (χ0n) is 22.6. The van der Waals surface area contributed by atoms with E-state index in [0.29, 0.717) is 48.2 Å². The van der Waals surface area contributed by atoms with Crippen LogP contribution in [0.15, 0.2) is 78.8 Å². The molecule has 1 aliphatic heterocycles. The molecular weight excluding hydrogens is 476 g/mol. The van der Waals surface area contributed by atoms with E-state index in [4.69, 9.17) is 10.1 Å². The number of quaternary nitrogens is 1. The Morgan fingerprint density at radius 3 is 2.32 bits per heavy atom. The van der Waals surface area contributed by atoms with Crippen LogP contribution in [0.3, 0.4) is 0 Å². The lowest BCUT2D eigenvalue weighted by Gasteiger charge is -2.32. The Bertz CT molecular complexity index is 1290. The number of hydrogen-bond donors (Lipinski definition) is 3. The number of benzene rings is 2. The van der Waals surface area contributed by atoms with E-state index >= 15 is 0 Å². The molecule has 1 aliphatic rings. The van der Waals surface area contributed by atoms with Gasteiger partial charge in [-0.3, -0.25) is 15.2 Å². The fourth-order valence-electron chi connectivity index (χ4n) is 4.53. The highest BCUT2D eigenvalue weighted by Crippen LogP contribution is 2.26. The molecule has 3 aromatic rings. The monoisotopic (exact) mass is 513 g/mol. The molecule has 198 valence electrons. The average molecular weight is 514 g/mol. The highest BCUT2D eigenvalue weighted by Gasteiger charge is 2.34. The van der Waals surface area contributed by atoms with Crippen molar-refractivity contribution in [2.45, 2.75) is 45.8 Å². The zero-order valence-corrected chi connectivity index (χ0v) is 22.6. The SMILES string of the molecule is CC(C)c1ccc(COc2ccc(/C(C(=N)c3ccncc3)=C3/[NH2+]CCN(CC(C)(C)O)C3=O)cc2)cc1. The van der Waals surface area contributed by atoms with Crippen LogP contribution in [0.1, 0.15) is 55.9 Å². The standard InChI is InChI=1S/C31H36N4O3/c1-21(2)23-7-5-22(6-8-23)19-38-26-11-9-24(10-12-26)27(28(32)25-13-15-33-16-14-25)29-30(36)35(18-17-34-29)20-31(3,4)37/h5-16,21,32,34,37H,17-20H2,1-4H3/p+1/b29-27-,32-28?. The van der Waals surface area contributed by atoms with Gasteiger partial charge in [-0.2, -0.15) is 0 Å². The lowest BCUT2D eigenvalue weighted by molar-refractivity contribution is -0.605. The molecule has 0 unspecified atom stereocenters. The number of nitrogens with zero attached hydrogens (tertiary/aromatic N) is 2. The van der Waals surface area contributed by atoms with Crippen molar-refractivity contribution in [1.82, 2.24) is 9.88 Å². The number of nitrogens with one attached hydrogen (secondary N) is 1. The minimum absolute atomic E-state index is 0.183. The van der Waals surface area contributed by atoms with Gasteiger partial charge in [0.15, 0.2) is 0 Å². The molecule has 7 heteroatoms. The summed E-state index contributed by atoms with van der Waals surface area (Å²) >= 11 is 0. The maximum Gasteiger partial charge on any atom is 0.308 e. The number of amides is 1. The van der Waals surface area contributed by atoms with Crippen LogP contribution in [0.4, 0.5) is 0 Å². The van der Waals surface area contributed by atoms with Gasteiger partial charge in [-0.1, -0.05) is 50.2 Å². The summed E-state index contributed by atoms with van der Waals surface area (Å²) < 4.78 is 6.02. The van der Waals surface area contributed by atoms with Gasteiger partial charge in [0.2, 0.25) is 5.70 Å². The lowest BCUT2D eigenvalue weighted by Crippen LogP contribution is -2.89. The van der Waals surface area contributed by atoms with E-state index in [1.807, 2.05) is 29.6 Å². The Morgan fingerprint density at radius 2 is 1.71 bits per heavy atom. The first kappa shape index (κ1) is 27.2. The molecule has 0 spiro atoms. The molecule has 0 bridgehead atoms. The zero-order chi connectivity index (χ0) is 27.3. The maximum atomic E-state index is 13.5. The Labute approximate surface area is 224 Å². The van der Waals surface area contributed by atoms with Crippen molar-refractivity contribution in [3.63, 3.8) is 0 Å². The first-order valence-electron chi connectivity index (χ1n) is 13.0. The summed E-state index contributed by atoms with van der Waals surface area (Å²) in [6, 6.07) is 19.5. The lowest BCUT2D eigenvalue weighted by atomic mass is 9.93. The van der Waals surface area contributed by atoms with Gasteiger partial charge < -0.3 is 20.1 Å². The van der Waals surface area contributed by atoms with E-state index in [2.05, 4.69) is 43.1 Å². The van der Waals surface area contributed by atoms with Crippen LogP contribution in [-0.2, 0) is 11.4 Å². The molecule has 4 rings (SSSR count). The molecule has 2 aromatic carbocycles. The van der Waals surface area contributed by atoms with Crippen LogP contribution in [0.5, 0.6) is 5.75 Å². The summed E-state index contributed by atoms with van der Waals surface area (Å²) in [5, 5.41) is 21.3. The molecule has 7 nitrogen and oxygen atoms in total. The molecule has 0 saturated carbocycles. The number of carbonyl (C=O) groups excluding carboxylic acids is 1. The summed E-state index contributed by atoms with van der Waals surface area (Å²) in [4.78, 5) is 19.3. The summed E-state index contributed by atoms with van der Waals surface area (Å²) in [6.45, 7) is 9.61. The van der Waals surface area contributed by atoms with Crippen LogP contribution in [0.25, 0.3) is 5.57 Å². The van der Waals surface area contributed by atoms with Gasteiger partial charge >= 0.3 is 5.91 Å². The number of piperazine rings is 1. The Balaban J connectivity index is 1.62. The molecule has 0 atom stereocenters. The predicted molar refractivity (Wildman–Crippen MR) is 149 cm³/mol. The predicted octanol–water partition coefficient (Wildman–Crippen LogP) is 3.74. The molecule has 0 aliphatic carbocycles. The van der Waals surface area contributed by atoms with Gasteiger partial charge in [-0.05, 0) is 60.7 Å². The van der Waals surface area contributed by atoms with Crippen molar-refractivity contribution < 1.29 is 20.0 Å². The number of carbonyl (C=O) groups is 1. The molecule has 1 aromatic heterocycles. The maximum absolute atomic E-state index is 13.5. The smallest absolute Gasteiger partial charge is 0.308 e. The van der Waals surface area contributed by atoms with Crippen molar-refractivity contribution >= 4 is 17.2 Å². The molecule has 4 N–H and O–H groups in total. The third-order valence-electron chi connectivity index (χ3n) is 6.53. The van der Waals surface area contributed by atoms with Crippen molar-refractivity contribution in [2.75, 3.05) is 19.6 Å². The van der Waals surface area contributed by atoms with Crippen molar-refractivity contribution in [3.05, 3.63) is 101 Å². The molecule has 38 heavy (non-hydrogen) atoms. The first-order chi connectivity index (χ1) is 18.1. The first-order valence-corrected chi connectivity index (χ1v) is 13.0. The Hall–Kier alpha value is -3.81. The van der Waals surface area contributed by atoms with Crippen molar-refractivity contribution in [1.29, 1.82) is 5.41 Å². The summed E-state index contributed by atoms with van der Waals surface area (Å²) in [6.07, 6.45) is 3.29. The molecular formula is C31H37N4O3+. The van der Waals surface area contributed by atoms with Gasteiger partial charge in [0.05, 0.1) is 30.0 Å². The van der Waals surface area contributed by atoms with Gasteiger partial charge in [0, 0.05) is 24.5 Å².